The van der Waals surface area contributed by atoms with Gasteiger partial charge in [-0.05, 0) is 29.8 Å². The van der Waals surface area contributed by atoms with Crippen LogP contribution in [0.2, 0.25) is 10.0 Å². The third kappa shape index (κ3) is 4.18. The summed E-state index contributed by atoms with van der Waals surface area (Å²) in [6.07, 6.45) is 1.73. The Labute approximate surface area is 158 Å². The van der Waals surface area contributed by atoms with E-state index in [1.54, 1.807) is 41.2 Å². The summed E-state index contributed by atoms with van der Waals surface area (Å²) in [6, 6.07) is 8.91. The number of nitrogens with two attached hydrogens (primary N) is 1. The Hall–Kier alpha value is -1.96. The fourth-order valence-corrected chi connectivity index (χ4v) is 3.92. The number of hydrogen-bond acceptors (Lipinski definition) is 5. The Morgan fingerprint density at radius 1 is 1.20 bits per heavy atom. The molecule has 0 aliphatic heterocycles. The fraction of sp³-hybridized carbons (Fsp3) is 0.188. The molecule has 0 aliphatic carbocycles. The molecule has 0 radical (unpaired) electrons. The van der Waals surface area contributed by atoms with E-state index in [1.807, 2.05) is 0 Å². The molecule has 130 valence electrons. The normalized spacial score (nSPS) is 11.0. The molecule has 0 saturated carbocycles. The highest BCUT2D eigenvalue weighted by molar-refractivity contribution is 7.98. The average Bonchev–Trinajstić information content (AvgIpc) is 3.21. The average molecular weight is 397 g/mol. The second-order valence-electron chi connectivity index (χ2n) is 5.14. The number of hydrogen-bond donors (Lipinski definition) is 1. The summed E-state index contributed by atoms with van der Waals surface area (Å²) in [5, 5.41) is 10.2. The number of nitrogens with zero attached hydrogens (tertiary/aromatic N) is 3. The van der Waals surface area contributed by atoms with Crippen LogP contribution in [0.5, 0.6) is 0 Å². The Bertz CT molecular complexity index is 860. The number of thioether (sulfide) groups is 1. The van der Waals surface area contributed by atoms with Gasteiger partial charge >= 0.3 is 0 Å². The van der Waals surface area contributed by atoms with E-state index in [-0.39, 0.29) is 6.42 Å². The SMILES string of the molecule is NC(=O)CCn1c(SCc2c(Cl)cccc2Cl)nnc1-c1ccco1. The summed E-state index contributed by atoms with van der Waals surface area (Å²) in [6.45, 7) is 0.358. The van der Waals surface area contributed by atoms with E-state index < -0.39 is 5.91 Å². The van der Waals surface area contributed by atoms with Crippen molar-refractivity contribution in [3.8, 4) is 11.6 Å². The second-order valence-corrected chi connectivity index (χ2v) is 6.90. The lowest BCUT2D eigenvalue weighted by Gasteiger charge is -2.09. The molecule has 6 nitrogen and oxygen atoms in total. The van der Waals surface area contributed by atoms with Gasteiger partial charge in [-0.2, -0.15) is 0 Å². The molecule has 25 heavy (non-hydrogen) atoms. The van der Waals surface area contributed by atoms with E-state index in [9.17, 15) is 4.79 Å². The molecular formula is C16H14Cl2N4O2S. The van der Waals surface area contributed by atoms with E-state index in [1.165, 1.54) is 11.8 Å². The van der Waals surface area contributed by atoms with Gasteiger partial charge in [-0.3, -0.25) is 9.36 Å². The Balaban J connectivity index is 1.86. The molecule has 1 amide bonds. The van der Waals surface area contributed by atoms with Crippen LogP contribution in [0.25, 0.3) is 11.6 Å². The molecule has 0 atom stereocenters. The second kappa shape index (κ2) is 7.95. The Kier molecular flexibility index (Phi) is 5.67. The van der Waals surface area contributed by atoms with Crippen LogP contribution in [-0.4, -0.2) is 20.7 Å². The molecular weight excluding hydrogens is 383 g/mol. The molecule has 2 heterocycles. The third-order valence-corrected chi connectivity index (χ3v) is 5.15. The minimum atomic E-state index is -0.399. The fourth-order valence-electron chi connectivity index (χ4n) is 2.21. The number of carbonyl (C=O) groups excluding carboxylic acids is 1. The van der Waals surface area contributed by atoms with Gasteiger partial charge < -0.3 is 10.2 Å². The molecule has 0 bridgehead atoms. The van der Waals surface area contributed by atoms with E-state index in [4.69, 9.17) is 33.4 Å². The van der Waals surface area contributed by atoms with Crippen LogP contribution in [0.1, 0.15) is 12.0 Å². The van der Waals surface area contributed by atoms with Gasteiger partial charge in [0.2, 0.25) is 5.91 Å². The van der Waals surface area contributed by atoms with Crippen molar-refractivity contribution in [3.05, 3.63) is 52.2 Å². The number of amides is 1. The monoisotopic (exact) mass is 396 g/mol. The number of aromatic nitrogens is 3. The van der Waals surface area contributed by atoms with E-state index in [0.717, 1.165) is 5.56 Å². The van der Waals surface area contributed by atoms with E-state index >= 15 is 0 Å². The van der Waals surface area contributed by atoms with Crippen LogP contribution in [0.15, 0.2) is 46.2 Å². The lowest BCUT2D eigenvalue weighted by atomic mass is 10.2. The smallest absolute Gasteiger partial charge is 0.219 e. The summed E-state index contributed by atoms with van der Waals surface area (Å²) >= 11 is 13.8. The van der Waals surface area contributed by atoms with Crippen molar-refractivity contribution in [1.82, 2.24) is 14.8 Å². The maximum atomic E-state index is 11.2. The quantitative estimate of drug-likeness (QED) is 0.609. The zero-order valence-electron chi connectivity index (χ0n) is 13.0. The van der Waals surface area contributed by atoms with Crippen molar-refractivity contribution in [1.29, 1.82) is 0 Å². The first-order valence-electron chi connectivity index (χ1n) is 7.37. The molecule has 0 spiro atoms. The number of benzene rings is 1. The molecule has 3 rings (SSSR count). The summed E-state index contributed by atoms with van der Waals surface area (Å²) in [5.74, 6) is 1.23. The van der Waals surface area contributed by atoms with Crippen molar-refractivity contribution < 1.29 is 9.21 Å². The van der Waals surface area contributed by atoms with E-state index in [0.29, 0.717) is 39.1 Å². The minimum Gasteiger partial charge on any atom is -0.461 e. The first-order chi connectivity index (χ1) is 12.1. The maximum absolute atomic E-state index is 11.2. The standard InChI is InChI=1S/C16H14Cl2N4O2S/c17-11-3-1-4-12(18)10(11)9-25-16-21-20-15(13-5-2-8-24-13)22(16)7-6-14(19)23/h1-5,8H,6-7,9H2,(H2,19,23). The molecule has 0 unspecified atom stereocenters. The predicted octanol–water partition coefficient (Wildman–Crippen LogP) is 4.01. The highest BCUT2D eigenvalue weighted by Crippen LogP contribution is 2.32. The first-order valence-corrected chi connectivity index (χ1v) is 9.11. The third-order valence-electron chi connectivity index (χ3n) is 3.45. The topological polar surface area (TPSA) is 86.9 Å². The minimum absolute atomic E-state index is 0.173. The van der Waals surface area contributed by atoms with Gasteiger partial charge in [0.25, 0.3) is 0 Å². The van der Waals surface area contributed by atoms with Gasteiger partial charge in [0.15, 0.2) is 16.7 Å². The van der Waals surface area contributed by atoms with Crippen molar-refractivity contribution in [2.24, 2.45) is 5.73 Å². The molecule has 0 fully saturated rings. The highest BCUT2D eigenvalue weighted by Gasteiger charge is 2.18. The molecule has 0 saturated heterocycles. The first kappa shape index (κ1) is 17.8. The van der Waals surface area contributed by atoms with Crippen LogP contribution < -0.4 is 5.73 Å². The van der Waals surface area contributed by atoms with Crippen LogP contribution in [0.4, 0.5) is 0 Å². The van der Waals surface area contributed by atoms with Crippen molar-refractivity contribution in [2.75, 3.05) is 0 Å². The van der Waals surface area contributed by atoms with Crippen molar-refractivity contribution >= 4 is 40.9 Å². The predicted molar refractivity (Wildman–Crippen MR) is 97.6 cm³/mol. The lowest BCUT2D eigenvalue weighted by Crippen LogP contribution is -2.15. The van der Waals surface area contributed by atoms with Gasteiger partial charge in [0.1, 0.15) is 0 Å². The number of rotatable bonds is 7. The zero-order valence-corrected chi connectivity index (χ0v) is 15.3. The largest absolute Gasteiger partial charge is 0.461 e. The van der Waals surface area contributed by atoms with Crippen LogP contribution >= 0.6 is 35.0 Å². The maximum Gasteiger partial charge on any atom is 0.219 e. The van der Waals surface area contributed by atoms with Gasteiger partial charge in [-0.15, -0.1) is 10.2 Å². The molecule has 0 aliphatic rings. The molecule has 2 N–H and O–H groups in total. The van der Waals surface area contributed by atoms with Crippen LogP contribution in [-0.2, 0) is 17.1 Å². The number of carbonyl (C=O) groups is 1. The van der Waals surface area contributed by atoms with Gasteiger partial charge in [0.05, 0.1) is 6.26 Å². The van der Waals surface area contributed by atoms with Crippen molar-refractivity contribution in [2.45, 2.75) is 23.9 Å². The lowest BCUT2D eigenvalue weighted by molar-refractivity contribution is -0.118. The van der Waals surface area contributed by atoms with Crippen LogP contribution in [0.3, 0.4) is 0 Å². The molecule has 1 aromatic carbocycles. The van der Waals surface area contributed by atoms with Crippen molar-refractivity contribution in [3.63, 3.8) is 0 Å². The molecule has 9 heteroatoms. The summed E-state index contributed by atoms with van der Waals surface area (Å²) in [4.78, 5) is 11.2. The van der Waals surface area contributed by atoms with Gasteiger partial charge in [-0.25, -0.2) is 0 Å². The Morgan fingerprint density at radius 2 is 1.96 bits per heavy atom. The number of furan rings is 1. The molecule has 2 aromatic heterocycles. The van der Waals surface area contributed by atoms with Gasteiger partial charge in [0, 0.05) is 28.8 Å². The zero-order chi connectivity index (χ0) is 17.8. The molecule has 3 aromatic rings. The summed E-state index contributed by atoms with van der Waals surface area (Å²) in [7, 11) is 0. The summed E-state index contributed by atoms with van der Waals surface area (Å²) in [5.41, 5.74) is 6.09. The van der Waals surface area contributed by atoms with Crippen LogP contribution in [0, 0.1) is 0 Å². The Morgan fingerprint density at radius 3 is 2.60 bits per heavy atom. The van der Waals surface area contributed by atoms with E-state index in [2.05, 4.69) is 10.2 Å². The number of primary amides is 1. The summed E-state index contributed by atoms with van der Waals surface area (Å²) < 4.78 is 7.19. The van der Waals surface area contributed by atoms with Gasteiger partial charge in [-0.1, -0.05) is 41.0 Å². The highest BCUT2D eigenvalue weighted by atomic mass is 35.5. The number of halogens is 2.